The Bertz CT molecular complexity index is 533. The summed E-state index contributed by atoms with van der Waals surface area (Å²) in [5, 5.41) is 12.6. The average molecular weight is 259 g/mol. The van der Waals surface area contributed by atoms with Crippen molar-refractivity contribution in [1.29, 1.82) is 0 Å². The van der Waals surface area contributed by atoms with Gasteiger partial charge in [-0.2, -0.15) is 0 Å². The molecule has 104 valence electrons. The van der Waals surface area contributed by atoms with Crippen LogP contribution in [0.4, 0.5) is 0 Å². The summed E-state index contributed by atoms with van der Waals surface area (Å²) in [6.07, 6.45) is 2.25. The van der Waals surface area contributed by atoms with Crippen LogP contribution in [-0.4, -0.2) is 10.9 Å². The van der Waals surface area contributed by atoms with Crippen LogP contribution in [0, 0.1) is 0 Å². The second-order valence-corrected chi connectivity index (χ2v) is 7.37. The summed E-state index contributed by atoms with van der Waals surface area (Å²) in [7, 11) is 0. The SMILES string of the molecule is CC(=NO)c1cc(C(C)(C)C)cc2c1CCC2(C)C. The molecule has 1 aromatic rings. The lowest BCUT2D eigenvalue weighted by molar-refractivity contribution is 0.319. The molecular formula is C17H25NO. The number of benzene rings is 1. The van der Waals surface area contributed by atoms with Crippen LogP contribution in [0.3, 0.4) is 0 Å². The molecule has 1 aromatic carbocycles. The van der Waals surface area contributed by atoms with E-state index in [1.54, 1.807) is 0 Å². The molecule has 0 heterocycles. The molecule has 0 aliphatic heterocycles. The van der Waals surface area contributed by atoms with Crippen LogP contribution in [-0.2, 0) is 17.3 Å². The van der Waals surface area contributed by atoms with Gasteiger partial charge in [0.25, 0.3) is 0 Å². The third-order valence-electron chi connectivity index (χ3n) is 4.38. The van der Waals surface area contributed by atoms with Gasteiger partial charge in [-0.25, -0.2) is 0 Å². The highest BCUT2D eigenvalue weighted by molar-refractivity contribution is 6.00. The Labute approximate surface area is 116 Å². The van der Waals surface area contributed by atoms with E-state index in [9.17, 15) is 0 Å². The molecule has 0 fully saturated rings. The van der Waals surface area contributed by atoms with Crippen molar-refractivity contribution in [3.63, 3.8) is 0 Å². The molecule has 0 spiro atoms. The topological polar surface area (TPSA) is 32.6 Å². The van der Waals surface area contributed by atoms with Crippen LogP contribution in [0.1, 0.15) is 70.2 Å². The first-order valence-corrected chi connectivity index (χ1v) is 7.04. The highest BCUT2D eigenvalue weighted by Gasteiger charge is 2.33. The van der Waals surface area contributed by atoms with E-state index in [2.05, 4.69) is 51.9 Å². The van der Waals surface area contributed by atoms with Crippen molar-refractivity contribution in [2.24, 2.45) is 5.16 Å². The standard InChI is InChI=1S/C17H25NO/c1-11(18-19)14-9-12(16(2,3)4)10-15-13(14)7-8-17(15,5)6/h9-10,19H,7-8H2,1-6H3. The van der Waals surface area contributed by atoms with Gasteiger partial charge in [-0.15, -0.1) is 0 Å². The van der Waals surface area contributed by atoms with Gasteiger partial charge >= 0.3 is 0 Å². The first kappa shape index (κ1) is 14.1. The zero-order valence-electron chi connectivity index (χ0n) is 13.0. The lowest BCUT2D eigenvalue weighted by Gasteiger charge is -2.26. The normalized spacial score (nSPS) is 18.5. The van der Waals surface area contributed by atoms with Crippen LogP contribution < -0.4 is 0 Å². The van der Waals surface area contributed by atoms with Crippen molar-refractivity contribution in [1.82, 2.24) is 0 Å². The predicted molar refractivity (Wildman–Crippen MR) is 80.5 cm³/mol. The molecule has 1 aliphatic rings. The van der Waals surface area contributed by atoms with E-state index in [1.165, 1.54) is 23.1 Å². The largest absolute Gasteiger partial charge is 0.411 e. The molecule has 0 bridgehead atoms. The lowest BCUT2D eigenvalue weighted by Crippen LogP contribution is -2.17. The number of fused-ring (bicyclic) bond motifs is 1. The van der Waals surface area contributed by atoms with Gasteiger partial charge in [-0.05, 0) is 53.4 Å². The van der Waals surface area contributed by atoms with Crippen molar-refractivity contribution >= 4 is 5.71 Å². The minimum absolute atomic E-state index is 0.109. The van der Waals surface area contributed by atoms with Gasteiger partial charge in [-0.1, -0.05) is 45.8 Å². The van der Waals surface area contributed by atoms with Crippen molar-refractivity contribution in [2.45, 2.75) is 65.2 Å². The third-order valence-corrected chi connectivity index (χ3v) is 4.38. The maximum Gasteiger partial charge on any atom is 0.0839 e. The van der Waals surface area contributed by atoms with Crippen LogP contribution >= 0.6 is 0 Å². The molecule has 2 heteroatoms. The molecule has 2 nitrogen and oxygen atoms in total. The number of hydrogen-bond acceptors (Lipinski definition) is 2. The van der Waals surface area contributed by atoms with Crippen LogP contribution in [0.15, 0.2) is 17.3 Å². The van der Waals surface area contributed by atoms with Gasteiger partial charge in [0.2, 0.25) is 0 Å². The van der Waals surface area contributed by atoms with Crippen LogP contribution in [0.5, 0.6) is 0 Å². The van der Waals surface area contributed by atoms with E-state index in [0.717, 1.165) is 17.7 Å². The third kappa shape index (κ3) is 2.41. The number of oxime groups is 1. The quantitative estimate of drug-likeness (QED) is 0.452. The number of hydrogen-bond donors (Lipinski definition) is 1. The second-order valence-electron chi connectivity index (χ2n) is 7.37. The fraction of sp³-hybridized carbons (Fsp3) is 0.588. The van der Waals surface area contributed by atoms with Gasteiger partial charge in [0.1, 0.15) is 0 Å². The van der Waals surface area contributed by atoms with Gasteiger partial charge < -0.3 is 5.21 Å². The summed E-state index contributed by atoms with van der Waals surface area (Å²) in [5.41, 5.74) is 6.29. The van der Waals surface area contributed by atoms with Crippen LogP contribution in [0.2, 0.25) is 0 Å². The monoisotopic (exact) mass is 259 g/mol. The van der Waals surface area contributed by atoms with Gasteiger partial charge in [-0.3, -0.25) is 0 Å². The Hall–Kier alpha value is -1.31. The Morgan fingerprint density at radius 3 is 2.42 bits per heavy atom. The summed E-state index contributed by atoms with van der Waals surface area (Å²) in [6.45, 7) is 13.2. The lowest BCUT2D eigenvalue weighted by atomic mass is 9.79. The minimum atomic E-state index is 0.109. The maximum absolute atomic E-state index is 9.13. The predicted octanol–water partition coefficient (Wildman–Crippen LogP) is 4.41. The Morgan fingerprint density at radius 1 is 1.26 bits per heavy atom. The molecule has 1 N–H and O–H groups in total. The van der Waals surface area contributed by atoms with Gasteiger partial charge in [0.05, 0.1) is 5.71 Å². The molecule has 0 radical (unpaired) electrons. The summed E-state index contributed by atoms with van der Waals surface area (Å²) in [5.74, 6) is 0. The van der Waals surface area contributed by atoms with E-state index in [4.69, 9.17) is 5.21 Å². The molecule has 0 atom stereocenters. The molecule has 0 unspecified atom stereocenters. The van der Waals surface area contributed by atoms with Crippen molar-refractivity contribution in [2.75, 3.05) is 0 Å². The fourth-order valence-electron chi connectivity index (χ4n) is 2.93. The van der Waals surface area contributed by atoms with E-state index >= 15 is 0 Å². The molecule has 0 saturated heterocycles. The first-order chi connectivity index (χ1) is 8.66. The summed E-state index contributed by atoms with van der Waals surface area (Å²) in [6, 6.07) is 4.56. The van der Waals surface area contributed by atoms with Crippen LogP contribution in [0.25, 0.3) is 0 Å². The Kier molecular flexibility index (Phi) is 3.24. The Morgan fingerprint density at radius 2 is 1.89 bits per heavy atom. The maximum atomic E-state index is 9.13. The molecule has 0 amide bonds. The summed E-state index contributed by atoms with van der Waals surface area (Å²) < 4.78 is 0. The van der Waals surface area contributed by atoms with Crippen molar-refractivity contribution < 1.29 is 5.21 Å². The molecular weight excluding hydrogens is 234 g/mol. The zero-order chi connectivity index (χ0) is 14.4. The molecule has 0 aromatic heterocycles. The van der Waals surface area contributed by atoms with Crippen molar-refractivity contribution in [3.05, 3.63) is 34.4 Å². The van der Waals surface area contributed by atoms with E-state index < -0.39 is 0 Å². The molecule has 2 rings (SSSR count). The van der Waals surface area contributed by atoms with Crippen molar-refractivity contribution in [3.8, 4) is 0 Å². The minimum Gasteiger partial charge on any atom is -0.411 e. The zero-order valence-corrected chi connectivity index (χ0v) is 13.0. The van der Waals surface area contributed by atoms with Gasteiger partial charge in [0, 0.05) is 5.56 Å². The number of nitrogens with zero attached hydrogens (tertiary/aromatic N) is 1. The average Bonchev–Trinajstić information content (AvgIpc) is 2.62. The second kappa shape index (κ2) is 4.36. The summed E-state index contributed by atoms with van der Waals surface area (Å²) in [4.78, 5) is 0. The summed E-state index contributed by atoms with van der Waals surface area (Å²) >= 11 is 0. The highest BCUT2D eigenvalue weighted by Crippen LogP contribution is 2.42. The molecule has 19 heavy (non-hydrogen) atoms. The fourth-order valence-corrected chi connectivity index (χ4v) is 2.93. The van der Waals surface area contributed by atoms with E-state index in [0.29, 0.717) is 0 Å². The number of rotatable bonds is 1. The molecule has 0 saturated carbocycles. The Balaban J connectivity index is 2.73. The van der Waals surface area contributed by atoms with E-state index in [-0.39, 0.29) is 10.8 Å². The molecule has 1 aliphatic carbocycles. The van der Waals surface area contributed by atoms with E-state index in [1.807, 2.05) is 6.92 Å². The smallest absolute Gasteiger partial charge is 0.0839 e. The first-order valence-electron chi connectivity index (χ1n) is 7.04. The highest BCUT2D eigenvalue weighted by atomic mass is 16.4. The van der Waals surface area contributed by atoms with Gasteiger partial charge in [0.15, 0.2) is 0 Å².